The van der Waals surface area contributed by atoms with Crippen molar-refractivity contribution in [2.45, 2.75) is 0 Å². The maximum atomic E-state index is 5.90. The summed E-state index contributed by atoms with van der Waals surface area (Å²) in [6.07, 6.45) is 0. The van der Waals surface area contributed by atoms with Crippen LogP contribution >= 0.6 is 15.9 Å². The standard InChI is InChI=1S/C12H8BrNO/c13-7-5-9-8-3-1-2-4-11(8)15-12(9)10(14)6-7/h1-6H,14H2. The summed E-state index contributed by atoms with van der Waals surface area (Å²) < 4.78 is 6.66. The van der Waals surface area contributed by atoms with E-state index >= 15 is 0 Å². The molecule has 0 aliphatic rings. The molecule has 0 fully saturated rings. The van der Waals surface area contributed by atoms with Gasteiger partial charge in [0.1, 0.15) is 5.58 Å². The predicted molar refractivity (Wildman–Crippen MR) is 65.8 cm³/mol. The third-order valence-corrected chi connectivity index (χ3v) is 2.93. The van der Waals surface area contributed by atoms with Crippen LogP contribution in [0.25, 0.3) is 21.9 Å². The molecule has 0 radical (unpaired) electrons. The van der Waals surface area contributed by atoms with Gasteiger partial charge in [-0.15, -0.1) is 0 Å². The summed E-state index contributed by atoms with van der Waals surface area (Å²) in [6.45, 7) is 0. The second kappa shape index (κ2) is 3.00. The Morgan fingerprint density at radius 2 is 1.87 bits per heavy atom. The van der Waals surface area contributed by atoms with Crippen LogP contribution in [0.2, 0.25) is 0 Å². The number of fused-ring (bicyclic) bond motifs is 3. The van der Waals surface area contributed by atoms with Gasteiger partial charge in [0.2, 0.25) is 0 Å². The second-order valence-electron chi connectivity index (χ2n) is 3.47. The topological polar surface area (TPSA) is 39.2 Å². The molecular weight excluding hydrogens is 254 g/mol. The van der Waals surface area contributed by atoms with Crippen LogP contribution in [0.15, 0.2) is 45.3 Å². The van der Waals surface area contributed by atoms with E-state index in [1.54, 1.807) is 0 Å². The number of para-hydroxylation sites is 1. The van der Waals surface area contributed by atoms with Gasteiger partial charge in [-0.3, -0.25) is 0 Å². The van der Waals surface area contributed by atoms with E-state index in [0.29, 0.717) is 5.69 Å². The molecule has 1 heterocycles. The van der Waals surface area contributed by atoms with Crippen LogP contribution in [0.3, 0.4) is 0 Å². The Morgan fingerprint density at radius 1 is 1.07 bits per heavy atom. The van der Waals surface area contributed by atoms with E-state index < -0.39 is 0 Å². The molecule has 3 heteroatoms. The number of hydrogen-bond donors (Lipinski definition) is 1. The Hall–Kier alpha value is -1.48. The third-order valence-electron chi connectivity index (χ3n) is 2.47. The average molecular weight is 262 g/mol. The van der Waals surface area contributed by atoms with Gasteiger partial charge in [-0.2, -0.15) is 0 Å². The minimum Gasteiger partial charge on any atom is -0.454 e. The lowest BCUT2D eigenvalue weighted by Gasteiger charge is -1.95. The van der Waals surface area contributed by atoms with Crippen molar-refractivity contribution < 1.29 is 4.42 Å². The first-order valence-electron chi connectivity index (χ1n) is 4.62. The van der Waals surface area contributed by atoms with Crippen molar-refractivity contribution in [3.8, 4) is 0 Å². The molecule has 0 amide bonds. The highest BCUT2D eigenvalue weighted by atomic mass is 79.9. The van der Waals surface area contributed by atoms with Gasteiger partial charge in [-0.05, 0) is 18.2 Å². The number of hydrogen-bond acceptors (Lipinski definition) is 2. The van der Waals surface area contributed by atoms with Crippen molar-refractivity contribution in [3.05, 3.63) is 40.9 Å². The molecule has 2 aromatic carbocycles. The van der Waals surface area contributed by atoms with Gasteiger partial charge in [0.15, 0.2) is 5.58 Å². The fraction of sp³-hybridized carbons (Fsp3) is 0. The molecule has 0 aliphatic heterocycles. The normalized spacial score (nSPS) is 11.3. The van der Waals surface area contributed by atoms with Crippen molar-refractivity contribution in [2.24, 2.45) is 0 Å². The summed E-state index contributed by atoms with van der Waals surface area (Å²) in [5, 5.41) is 2.15. The summed E-state index contributed by atoms with van der Waals surface area (Å²) >= 11 is 3.43. The van der Waals surface area contributed by atoms with Crippen LogP contribution in [0.4, 0.5) is 5.69 Å². The average Bonchev–Trinajstić information content (AvgIpc) is 2.57. The maximum Gasteiger partial charge on any atom is 0.158 e. The van der Waals surface area contributed by atoms with Crippen molar-refractivity contribution in [3.63, 3.8) is 0 Å². The summed E-state index contributed by atoms with van der Waals surface area (Å²) in [5.74, 6) is 0. The molecule has 1 aromatic heterocycles. The first kappa shape index (κ1) is 8.80. The van der Waals surface area contributed by atoms with Crippen molar-refractivity contribution >= 4 is 43.6 Å². The first-order valence-corrected chi connectivity index (χ1v) is 5.41. The molecule has 0 atom stereocenters. The molecule has 15 heavy (non-hydrogen) atoms. The molecule has 2 N–H and O–H groups in total. The summed E-state index contributed by atoms with van der Waals surface area (Å²) in [6, 6.07) is 11.8. The van der Waals surface area contributed by atoms with E-state index in [-0.39, 0.29) is 0 Å². The Kier molecular flexibility index (Phi) is 1.76. The molecule has 3 aromatic rings. The molecule has 0 aliphatic carbocycles. The van der Waals surface area contributed by atoms with Crippen LogP contribution in [-0.2, 0) is 0 Å². The highest BCUT2D eigenvalue weighted by molar-refractivity contribution is 9.10. The molecule has 74 valence electrons. The zero-order valence-corrected chi connectivity index (χ0v) is 9.41. The molecule has 0 bridgehead atoms. The van der Waals surface area contributed by atoms with Crippen molar-refractivity contribution in [1.29, 1.82) is 0 Å². The maximum absolute atomic E-state index is 5.90. The SMILES string of the molecule is Nc1cc(Br)cc2c1oc1ccccc12. The number of anilines is 1. The summed E-state index contributed by atoms with van der Waals surface area (Å²) in [4.78, 5) is 0. The van der Waals surface area contributed by atoms with E-state index in [0.717, 1.165) is 26.4 Å². The van der Waals surface area contributed by atoms with E-state index in [1.165, 1.54) is 0 Å². The van der Waals surface area contributed by atoms with Crippen LogP contribution in [0.5, 0.6) is 0 Å². The van der Waals surface area contributed by atoms with E-state index in [1.807, 2.05) is 36.4 Å². The van der Waals surface area contributed by atoms with E-state index in [4.69, 9.17) is 10.2 Å². The highest BCUT2D eigenvalue weighted by Crippen LogP contribution is 2.34. The fourth-order valence-electron chi connectivity index (χ4n) is 1.82. The van der Waals surface area contributed by atoms with Crippen molar-refractivity contribution in [2.75, 3.05) is 5.73 Å². The smallest absolute Gasteiger partial charge is 0.158 e. The number of benzene rings is 2. The third kappa shape index (κ3) is 1.23. The molecule has 0 unspecified atom stereocenters. The number of furan rings is 1. The van der Waals surface area contributed by atoms with Gasteiger partial charge in [0.05, 0.1) is 5.69 Å². The molecule has 2 nitrogen and oxygen atoms in total. The van der Waals surface area contributed by atoms with Crippen molar-refractivity contribution in [1.82, 2.24) is 0 Å². The van der Waals surface area contributed by atoms with Crippen LogP contribution in [-0.4, -0.2) is 0 Å². The van der Waals surface area contributed by atoms with Gasteiger partial charge in [0, 0.05) is 15.2 Å². The number of halogens is 1. The second-order valence-corrected chi connectivity index (χ2v) is 4.39. The molecular formula is C12H8BrNO. The summed E-state index contributed by atoms with van der Waals surface area (Å²) in [7, 11) is 0. The monoisotopic (exact) mass is 261 g/mol. The Bertz CT molecular complexity index is 657. The molecule has 0 saturated heterocycles. The largest absolute Gasteiger partial charge is 0.454 e. The lowest BCUT2D eigenvalue weighted by molar-refractivity contribution is 0.670. The van der Waals surface area contributed by atoms with Crippen LogP contribution < -0.4 is 5.73 Å². The fourth-order valence-corrected chi connectivity index (χ4v) is 2.29. The number of nitrogens with two attached hydrogens (primary N) is 1. The summed E-state index contributed by atoms with van der Waals surface area (Å²) in [5.41, 5.74) is 8.20. The highest BCUT2D eigenvalue weighted by Gasteiger charge is 2.09. The van der Waals surface area contributed by atoms with Crippen LogP contribution in [0.1, 0.15) is 0 Å². The Morgan fingerprint density at radius 3 is 2.73 bits per heavy atom. The first-order chi connectivity index (χ1) is 7.25. The minimum absolute atomic E-state index is 0.663. The minimum atomic E-state index is 0.663. The zero-order chi connectivity index (χ0) is 10.4. The van der Waals surface area contributed by atoms with Gasteiger partial charge < -0.3 is 10.2 Å². The number of rotatable bonds is 0. The Labute approximate surface area is 94.8 Å². The van der Waals surface area contributed by atoms with E-state index in [2.05, 4.69) is 15.9 Å². The van der Waals surface area contributed by atoms with E-state index in [9.17, 15) is 0 Å². The van der Waals surface area contributed by atoms with Gasteiger partial charge >= 0.3 is 0 Å². The number of nitrogen functional groups attached to an aromatic ring is 1. The zero-order valence-electron chi connectivity index (χ0n) is 7.83. The lowest BCUT2D eigenvalue weighted by atomic mass is 10.1. The quantitative estimate of drug-likeness (QED) is 0.623. The van der Waals surface area contributed by atoms with Gasteiger partial charge in [0.25, 0.3) is 0 Å². The molecule has 3 rings (SSSR count). The predicted octanol–water partition coefficient (Wildman–Crippen LogP) is 3.93. The van der Waals surface area contributed by atoms with Crippen LogP contribution in [0, 0.1) is 0 Å². The Balaban J connectivity index is 2.61. The molecule has 0 saturated carbocycles. The molecule has 0 spiro atoms. The van der Waals surface area contributed by atoms with Gasteiger partial charge in [-0.25, -0.2) is 0 Å². The van der Waals surface area contributed by atoms with Gasteiger partial charge in [-0.1, -0.05) is 34.1 Å². The lowest BCUT2D eigenvalue weighted by Crippen LogP contribution is -1.84.